The minimum Gasteiger partial charge on any atom is -0.497 e. The first kappa shape index (κ1) is 24.0. The van der Waals surface area contributed by atoms with Gasteiger partial charge in [0.25, 0.3) is 0 Å². The molecular formula is C19H30IN5O3. The lowest BCUT2D eigenvalue weighted by atomic mass is 10.1. The monoisotopic (exact) mass is 503 g/mol. The largest absolute Gasteiger partial charge is 0.497 e. The van der Waals surface area contributed by atoms with E-state index in [1.807, 2.05) is 23.9 Å². The normalized spacial score (nSPS) is 12.1. The molecule has 0 saturated heterocycles. The summed E-state index contributed by atoms with van der Waals surface area (Å²) >= 11 is 0. The highest BCUT2D eigenvalue weighted by atomic mass is 127. The van der Waals surface area contributed by atoms with Gasteiger partial charge in [-0.05, 0) is 37.6 Å². The van der Waals surface area contributed by atoms with Crippen molar-refractivity contribution in [2.45, 2.75) is 26.0 Å². The molecule has 1 heterocycles. The van der Waals surface area contributed by atoms with Crippen LogP contribution in [-0.2, 0) is 6.54 Å². The van der Waals surface area contributed by atoms with E-state index in [0.717, 1.165) is 26.1 Å². The Labute approximate surface area is 183 Å². The molecule has 8 nitrogen and oxygen atoms in total. The van der Waals surface area contributed by atoms with E-state index in [4.69, 9.17) is 9.47 Å². The lowest BCUT2D eigenvalue weighted by Crippen LogP contribution is -2.38. The van der Waals surface area contributed by atoms with Crippen LogP contribution in [0.2, 0.25) is 0 Å². The van der Waals surface area contributed by atoms with Crippen molar-refractivity contribution in [3.05, 3.63) is 42.2 Å². The molecular weight excluding hydrogens is 473 g/mol. The van der Waals surface area contributed by atoms with E-state index in [9.17, 15) is 5.11 Å². The van der Waals surface area contributed by atoms with Crippen LogP contribution in [0.4, 0.5) is 0 Å². The second-order valence-corrected chi connectivity index (χ2v) is 5.89. The Kier molecular flexibility index (Phi) is 11.3. The number of nitrogens with one attached hydrogen (secondary N) is 2. The fourth-order valence-electron chi connectivity index (χ4n) is 2.60. The van der Waals surface area contributed by atoms with Crippen molar-refractivity contribution in [3.63, 3.8) is 0 Å². The number of rotatable bonds is 10. The Morgan fingerprint density at radius 1 is 1.29 bits per heavy atom. The van der Waals surface area contributed by atoms with Gasteiger partial charge in [0.2, 0.25) is 0 Å². The number of aryl methyl sites for hydroxylation is 1. The van der Waals surface area contributed by atoms with Crippen molar-refractivity contribution in [2.24, 2.45) is 4.99 Å². The number of aliphatic hydroxyl groups is 1. The summed E-state index contributed by atoms with van der Waals surface area (Å²) in [6.07, 6.45) is 3.83. The highest BCUT2D eigenvalue weighted by molar-refractivity contribution is 14.0. The number of aromatic nitrogens is 2. The number of aliphatic imine (C=N–C) groups is 1. The Bertz CT molecular complexity index is 710. The molecule has 0 amide bonds. The third kappa shape index (κ3) is 7.55. The maximum Gasteiger partial charge on any atom is 0.191 e. The van der Waals surface area contributed by atoms with Crippen LogP contribution < -0.4 is 20.1 Å². The van der Waals surface area contributed by atoms with Gasteiger partial charge < -0.3 is 25.2 Å². The fourth-order valence-corrected chi connectivity index (χ4v) is 2.60. The van der Waals surface area contributed by atoms with Gasteiger partial charge in [-0.1, -0.05) is 0 Å². The highest BCUT2D eigenvalue weighted by Gasteiger charge is 2.14. The SMILES string of the molecule is CCNC(=NCC(O)c1cc(OC)ccc1OC)NCCCn1cccn1.I. The van der Waals surface area contributed by atoms with Gasteiger partial charge >= 0.3 is 0 Å². The summed E-state index contributed by atoms with van der Waals surface area (Å²) in [6, 6.07) is 7.25. The molecule has 28 heavy (non-hydrogen) atoms. The summed E-state index contributed by atoms with van der Waals surface area (Å²) in [5.74, 6) is 1.94. The van der Waals surface area contributed by atoms with Crippen molar-refractivity contribution in [1.29, 1.82) is 0 Å². The van der Waals surface area contributed by atoms with Crippen molar-refractivity contribution in [1.82, 2.24) is 20.4 Å². The molecule has 0 fully saturated rings. The van der Waals surface area contributed by atoms with E-state index in [-0.39, 0.29) is 30.5 Å². The van der Waals surface area contributed by atoms with Crippen LogP contribution in [0.3, 0.4) is 0 Å². The number of ether oxygens (including phenoxy) is 2. The van der Waals surface area contributed by atoms with Gasteiger partial charge in [-0.15, -0.1) is 24.0 Å². The molecule has 9 heteroatoms. The molecule has 0 saturated carbocycles. The maximum absolute atomic E-state index is 10.6. The van der Waals surface area contributed by atoms with Gasteiger partial charge in [0, 0.05) is 37.6 Å². The molecule has 0 aliphatic carbocycles. The number of aliphatic hydroxyl groups excluding tert-OH is 1. The molecule has 1 atom stereocenters. The van der Waals surface area contributed by atoms with Gasteiger partial charge in [0.15, 0.2) is 5.96 Å². The molecule has 0 spiro atoms. The van der Waals surface area contributed by atoms with Crippen LogP contribution in [0.1, 0.15) is 25.0 Å². The van der Waals surface area contributed by atoms with E-state index in [2.05, 4.69) is 20.7 Å². The van der Waals surface area contributed by atoms with E-state index in [1.54, 1.807) is 38.6 Å². The molecule has 1 unspecified atom stereocenters. The van der Waals surface area contributed by atoms with Crippen molar-refractivity contribution in [3.8, 4) is 11.5 Å². The molecule has 1 aromatic heterocycles. The second-order valence-electron chi connectivity index (χ2n) is 5.89. The first-order valence-electron chi connectivity index (χ1n) is 9.07. The first-order chi connectivity index (χ1) is 13.2. The zero-order chi connectivity index (χ0) is 19.5. The average molecular weight is 503 g/mol. The molecule has 1 aromatic carbocycles. The number of hydrogen-bond acceptors (Lipinski definition) is 5. The van der Waals surface area contributed by atoms with E-state index in [0.29, 0.717) is 23.0 Å². The van der Waals surface area contributed by atoms with Crippen LogP contribution in [-0.4, -0.2) is 54.7 Å². The molecule has 0 aliphatic heterocycles. The highest BCUT2D eigenvalue weighted by Crippen LogP contribution is 2.29. The lowest BCUT2D eigenvalue weighted by molar-refractivity contribution is 0.182. The molecule has 0 bridgehead atoms. The van der Waals surface area contributed by atoms with E-state index >= 15 is 0 Å². The van der Waals surface area contributed by atoms with Gasteiger partial charge in [-0.3, -0.25) is 9.67 Å². The van der Waals surface area contributed by atoms with E-state index < -0.39 is 6.10 Å². The number of halogens is 1. The van der Waals surface area contributed by atoms with Gasteiger partial charge in [-0.2, -0.15) is 5.10 Å². The summed E-state index contributed by atoms with van der Waals surface area (Å²) in [7, 11) is 3.17. The minimum absolute atomic E-state index is 0. The Balaban J connectivity index is 0.00000392. The van der Waals surface area contributed by atoms with Crippen molar-refractivity contribution in [2.75, 3.05) is 33.9 Å². The third-order valence-electron chi connectivity index (χ3n) is 3.98. The van der Waals surface area contributed by atoms with Gasteiger partial charge in [0.1, 0.15) is 17.6 Å². The minimum atomic E-state index is -0.797. The first-order valence-corrected chi connectivity index (χ1v) is 9.07. The fraction of sp³-hybridized carbons (Fsp3) is 0.474. The van der Waals surface area contributed by atoms with Crippen LogP contribution in [0.25, 0.3) is 0 Å². The number of hydrogen-bond donors (Lipinski definition) is 3. The average Bonchev–Trinajstić information content (AvgIpc) is 3.22. The standard InChI is InChI=1S/C19H29N5O3.HI/c1-4-20-19(21-9-5-11-24-12-6-10-23-24)22-14-17(25)16-13-15(26-2)7-8-18(16)27-3;/h6-8,10,12-13,17,25H,4-5,9,11,14H2,1-3H3,(H2,20,21,22);1H. The summed E-state index contributed by atoms with van der Waals surface area (Å²) in [6.45, 7) is 4.54. The number of benzene rings is 1. The molecule has 2 rings (SSSR count). The third-order valence-corrected chi connectivity index (χ3v) is 3.98. The maximum atomic E-state index is 10.6. The predicted octanol–water partition coefficient (Wildman–Crippen LogP) is 2.20. The smallest absolute Gasteiger partial charge is 0.191 e. The lowest BCUT2D eigenvalue weighted by Gasteiger charge is -2.16. The van der Waals surface area contributed by atoms with Gasteiger partial charge in [0.05, 0.1) is 20.8 Å². The molecule has 0 aliphatic rings. The Morgan fingerprint density at radius 3 is 2.75 bits per heavy atom. The number of guanidine groups is 1. The van der Waals surface area contributed by atoms with Crippen molar-refractivity contribution >= 4 is 29.9 Å². The second kappa shape index (κ2) is 13.2. The zero-order valence-electron chi connectivity index (χ0n) is 16.6. The van der Waals surface area contributed by atoms with Crippen LogP contribution in [0.5, 0.6) is 11.5 Å². The van der Waals surface area contributed by atoms with E-state index in [1.165, 1.54) is 0 Å². The topological polar surface area (TPSA) is 92.9 Å². The summed E-state index contributed by atoms with van der Waals surface area (Å²) in [4.78, 5) is 4.48. The molecule has 2 aromatic rings. The van der Waals surface area contributed by atoms with Crippen molar-refractivity contribution < 1.29 is 14.6 Å². The molecule has 3 N–H and O–H groups in total. The van der Waals surface area contributed by atoms with Gasteiger partial charge in [-0.25, -0.2) is 0 Å². The Morgan fingerprint density at radius 2 is 2.11 bits per heavy atom. The summed E-state index contributed by atoms with van der Waals surface area (Å²) in [5.41, 5.74) is 0.648. The summed E-state index contributed by atoms with van der Waals surface area (Å²) in [5, 5.41) is 21.2. The molecule has 156 valence electrons. The van der Waals surface area contributed by atoms with Crippen LogP contribution >= 0.6 is 24.0 Å². The molecule has 0 radical (unpaired) electrons. The zero-order valence-corrected chi connectivity index (χ0v) is 18.9. The quantitative estimate of drug-likeness (QED) is 0.199. The number of nitrogens with zero attached hydrogens (tertiary/aromatic N) is 3. The predicted molar refractivity (Wildman–Crippen MR) is 121 cm³/mol. The summed E-state index contributed by atoms with van der Waals surface area (Å²) < 4.78 is 12.5. The number of methoxy groups -OCH3 is 2. The Hall–Kier alpha value is -2.01. The van der Waals surface area contributed by atoms with Crippen LogP contribution in [0.15, 0.2) is 41.7 Å². The van der Waals surface area contributed by atoms with Crippen LogP contribution in [0, 0.1) is 0 Å².